The highest BCUT2D eigenvalue weighted by Gasteiger charge is 2.57. The molecule has 5 aliphatic heterocycles. The van der Waals surface area contributed by atoms with Crippen molar-refractivity contribution in [3.63, 3.8) is 0 Å². The Bertz CT molecular complexity index is 1020. The summed E-state index contributed by atoms with van der Waals surface area (Å²) in [5.74, 6) is -6.39. The van der Waals surface area contributed by atoms with E-state index in [1.807, 2.05) is 0 Å². The molecule has 0 saturated carbocycles. The summed E-state index contributed by atoms with van der Waals surface area (Å²) in [5.41, 5.74) is 0. The summed E-state index contributed by atoms with van der Waals surface area (Å²) in [6.07, 6.45) is 1.33. The number of nitrogens with zero attached hydrogens (tertiary/aromatic N) is 8. The number of rotatable bonds is 0. The van der Waals surface area contributed by atoms with Gasteiger partial charge in [-0.3, -0.25) is 0 Å². The van der Waals surface area contributed by atoms with Crippen LogP contribution in [-0.4, -0.2) is 35.2 Å². The summed E-state index contributed by atoms with van der Waals surface area (Å²) >= 11 is 40.2. The molecule has 160 valence electrons. The topological polar surface area (TPSA) is 99.1 Å². The highest BCUT2D eigenvalue weighted by atomic mass is 35.9. The van der Waals surface area contributed by atoms with E-state index in [0.29, 0.717) is 39.1 Å². The first-order chi connectivity index (χ1) is 12.9. The van der Waals surface area contributed by atoms with E-state index in [4.69, 9.17) is 85.5 Å². The summed E-state index contributed by atoms with van der Waals surface area (Å²) in [4.78, 5) is 0. The van der Waals surface area contributed by atoms with Crippen LogP contribution in [0.4, 0.5) is 0 Å². The minimum Gasteiger partial charge on any atom is -0.315 e. The van der Waals surface area contributed by atoms with Crippen LogP contribution in [-0.2, 0) is 9.05 Å². The Balaban J connectivity index is 1.96. The van der Waals surface area contributed by atoms with Gasteiger partial charge in [-0.1, -0.05) is 0 Å². The molecule has 4 atom stereocenters. The summed E-state index contributed by atoms with van der Waals surface area (Å²) in [6, 6.07) is 0. The molecule has 0 radical (unpaired) electrons. The fraction of sp³-hybridized carbons (Fsp3) is 1.00. The van der Waals surface area contributed by atoms with Gasteiger partial charge in [0.15, 0.2) is 0 Å². The van der Waals surface area contributed by atoms with Gasteiger partial charge in [0.05, 0.1) is 13.2 Å². The smallest absolute Gasteiger partial charge is 0.288 e. The lowest BCUT2D eigenvalue weighted by molar-refractivity contribution is 0.274. The van der Waals surface area contributed by atoms with Gasteiger partial charge in [-0.15, -0.1) is 0 Å². The molecule has 0 unspecified atom stereocenters. The average Bonchev–Trinajstić information content (AvgIpc) is 2.50. The molecule has 0 aromatic rings. The van der Waals surface area contributed by atoms with E-state index in [1.165, 1.54) is 0 Å². The van der Waals surface area contributed by atoms with Crippen LogP contribution in [0.5, 0.6) is 0 Å². The van der Waals surface area contributed by atoms with Gasteiger partial charge < -0.3 is 9.05 Å². The van der Waals surface area contributed by atoms with Crippen molar-refractivity contribution < 1.29 is 9.05 Å². The lowest BCUT2D eigenvalue weighted by atomic mass is 10.5. The fourth-order valence-corrected chi connectivity index (χ4v) is 37.6. The fourth-order valence-electron chi connectivity index (χ4n) is 3.16. The van der Waals surface area contributed by atoms with Crippen molar-refractivity contribution in [2.75, 3.05) is 26.3 Å². The molecule has 5 aliphatic rings. The first-order valence-corrected chi connectivity index (χ1v) is 23.0. The number of hydrogen-bond donors (Lipinski definition) is 0. The quantitative estimate of drug-likeness (QED) is 0.250. The molecule has 0 aromatic heterocycles. The molecular formula is C6H12Cl6N8O2P6. The van der Waals surface area contributed by atoms with Gasteiger partial charge in [0.1, 0.15) is 0 Å². The lowest BCUT2D eigenvalue weighted by Gasteiger charge is -2.49. The van der Waals surface area contributed by atoms with Gasteiger partial charge in [-0.2, -0.15) is 36.0 Å². The van der Waals surface area contributed by atoms with E-state index in [-0.39, 0.29) is 0 Å². The van der Waals surface area contributed by atoms with Gasteiger partial charge >= 0.3 is 0 Å². The van der Waals surface area contributed by atoms with Gasteiger partial charge in [0.2, 0.25) is 13.4 Å². The van der Waals surface area contributed by atoms with E-state index >= 15 is 0 Å². The Morgan fingerprint density at radius 2 is 0.964 bits per heavy atom. The minimum absolute atomic E-state index is 0.405. The number of halogens is 6. The highest BCUT2D eigenvalue weighted by Crippen LogP contribution is 2.98. The van der Waals surface area contributed by atoms with E-state index < -0.39 is 40.4 Å². The summed E-state index contributed by atoms with van der Waals surface area (Å²) in [7, 11) is -6.31. The standard InChI is InChI=1S/C6H12Cl6N8O2P6/c7-23(8)13-25(11)17-28(16-23)20(4-2-6-22-28)26(12)14-24(9,10)15-27(18-26)19(25)3-1-5-21-27/h1-6H2/t25-,26+,27+,28-. The third kappa shape index (κ3) is 3.63. The monoisotopic (exact) mass is 624 g/mol. The molecule has 2 spiro atoms. The maximum atomic E-state index is 7.05. The molecule has 28 heavy (non-hydrogen) atoms. The zero-order chi connectivity index (χ0) is 20.1. The second-order valence-electron chi connectivity index (χ2n) is 6.03. The maximum Gasteiger partial charge on any atom is 0.288 e. The zero-order valence-corrected chi connectivity index (χ0v) is 23.5. The molecule has 10 nitrogen and oxygen atoms in total. The largest absolute Gasteiger partial charge is 0.315 e. The second kappa shape index (κ2) is 7.23. The third-order valence-electron chi connectivity index (χ3n) is 4.07. The Hall–Kier alpha value is 2.96. The zero-order valence-electron chi connectivity index (χ0n) is 13.6. The van der Waals surface area contributed by atoms with Crippen molar-refractivity contribution in [2.24, 2.45) is 27.1 Å². The van der Waals surface area contributed by atoms with Crippen molar-refractivity contribution in [3.8, 4) is 0 Å². The molecule has 5 rings (SSSR count). The van der Waals surface area contributed by atoms with Crippen LogP contribution in [0.15, 0.2) is 27.1 Å². The number of fused-ring (bicyclic) bond motifs is 2. The van der Waals surface area contributed by atoms with Crippen LogP contribution in [0, 0.1) is 0 Å². The van der Waals surface area contributed by atoms with E-state index in [1.54, 1.807) is 8.88 Å². The Labute approximate surface area is 191 Å². The molecule has 22 heteroatoms. The maximum absolute atomic E-state index is 7.05. The SMILES string of the molecule is ClP1(Cl)=N[P@@]2(Cl)=N[P@]3(=N1)OCCCN3[P@@]1(Cl)=N[P@@]3(=NP(Cl)(Cl)=N1)OCCCN23. The Morgan fingerprint density at radius 3 is 1.36 bits per heavy atom. The Kier molecular flexibility index (Phi) is 5.87. The predicted octanol–water partition coefficient (Wildman–Crippen LogP) is 10.6. The molecule has 2 saturated heterocycles. The summed E-state index contributed by atoms with van der Waals surface area (Å²) in [5, 5.41) is 0. The van der Waals surface area contributed by atoms with Gasteiger partial charge in [0.25, 0.3) is 27.0 Å². The van der Waals surface area contributed by atoms with E-state index in [0.717, 1.165) is 0 Å². The molecule has 2 fully saturated rings. The lowest BCUT2D eigenvalue weighted by Crippen LogP contribution is -2.29. The van der Waals surface area contributed by atoms with Crippen LogP contribution < -0.4 is 0 Å². The number of hydrogen-bond acceptors (Lipinski definition) is 10. The Morgan fingerprint density at radius 1 is 0.571 bits per heavy atom. The predicted molar refractivity (Wildman–Crippen MR) is 126 cm³/mol. The third-order valence-corrected chi connectivity index (χ3v) is 31.0. The first kappa shape index (κ1) is 22.7. The van der Waals surface area contributed by atoms with Crippen molar-refractivity contribution >= 4 is 108 Å². The average molecular weight is 627 g/mol. The van der Waals surface area contributed by atoms with Crippen LogP contribution in [0.2, 0.25) is 0 Å². The van der Waals surface area contributed by atoms with E-state index in [2.05, 4.69) is 18.1 Å². The van der Waals surface area contributed by atoms with Gasteiger partial charge in [-0.05, 0) is 80.3 Å². The molecular weight excluding hydrogens is 615 g/mol. The molecule has 0 amide bonds. The first-order valence-electron chi connectivity index (χ1n) is 7.79. The van der Waals surface area contributed by atoms with Crippen molar-refractivity contribution in [1.82, 2.24) is 8.88 Å². The van der Waals surface area contributed by atoms with Crippen LogP contribution in [0.25, 0.3) is 0 Å². The van der Waals surface area contributed by atoms with Crippen molar-refractivity contribution in [3.05, 3.63) is 0 Å². The molecule has 0 aromatic carbocycles. The molecule has 0 aliphatic carbocycles. The van der Waals surface area contributed by atoms with Crippen LogP contribution >= 0.6 is 108 Å². The van der Waals surface area contributed by atoms with Crippen LogP contribution in [0.3, 0.4) is 0 Å². The van der Waals surface area contributed by atoms with Crippen molar-refractivity contribution in [1.29, 1.82) is 0 Å². The van der Waals surface area contributed by atoms with E-state index in [9.17, 15) is 0 Å². The highest BCUT2D eigenvalue weighted by molar-refractivity contribution is 8.19. The van der Waals surface area contributed by atoms with Gasteiger partial charge in [-0.25, -0.2) is 0 Å². The normalized spacial score (nSPS) is 49.1. The second-order valence-corrected chi connectivity index (χ2v) is 28.7. The van der Waals surface area contributed by atoms with Gasteiger partial charge in [0, 0.05) is 13.1 Å². The summed E-state index contributed by atoms with van der Waals surface area (Å²) < 4.78 is 43.4. The molecule has 0 N–H and O–H groups in total. The summed E-state index contributed by atoms with van der Waals surface area (Å²) in [6.45, 7) is -4.69. The van der Waals surface area contributed by atoms with Crippen molar-refractivity contribution in [2.45, 2.75) is 12.8 Å². The molecule has 5 heterocycles. The molecule has 4 bridgehead atoms. The van der Waals surface area contributed by atoms with Crippen LogP contribution in [0.1, 0.15) is 12.8 Å². The minimum atomic E-state index is -3.21.